The first kappa shape index (κ1) is 15.4. The highest BCUT2D eigenvalue weighted by Gasteiger charge is 2.30. The number of para-hydroxylation sites is 1. The molecule has 0 atom stereocenters. The van der Waals surface area contributed by atoms with Crippen molar-refractivity contribution in [3.05, 3.63) is 78.8 Å². The van der Waals surface area contributed by atoms with Gasteiger partial charge in [-0.1, -0.05) is 24.3 Å². The van der Waals surface area contributed by atoms with Crippen molar-refractivity contribution in [2.75, 3.05) is 0 Å². The van der Waals surface area contributed by atoms with E-state index >= 15 is 0 Å². The summed E-state index contributed by atoms with van der Waals surface area (Å²) in [4.78, 5) is 4.08. The molecule has 4 aromatic rings. The van der Waals surface area contributed by atoms with Crippen LogP contribution in [0.25, 0.3) is 27.7 Å². The Bertz CT molecular complexity index is 1040. The Labute approximate surface area is 141 Å². The van der Waals surface area contributed by atoms with Crippen LogP contribution in [0.2, 0.25) is 0 Å². The summed E-state index contributed by atoms with van der Waals surface area (Å²) in [5.41, 5.74) is 2.12. The molecule has 0 amide bonds. The first-order chi connectivity index (χ1) is 12.0. The fraction of sp³-hybridized carbons (Fsp3) is 0.0526. The molecule has 2 heterocycles. The van der Waals surface area contributed by atoms with E-state index in [2.05, 4.69) is 10.1 Å². The molecule has 4 rings (SSSR count). The van der Waals surface area contributed by atoms with Crippen molar-refractivity contribution in [3.63, 3.8) is 0 Å². The Kier molecular flexibility index (Phi) is 3.53. The average molecular weight is 339 g/mol. The summed E-state index contributed by atoms with van der Waals surface area (Å²) < 4.78 is 40.4. The van der Waals surface area contributed by atoms with Crippen LogP contribution < -0.4 is 0 Å². The molecule has 2 aromatic carbocycles. The van der Waals surface area contributed by atoms with E-state index in [4.69, 9.17) is 0 Å². The minimum Gasteiger partial charge on any atom is -0.256 e. The first-order valence-corrected chi connectivity index (χ1v) is 7.59. The standard InChI is InChI=1S/C19H12F3N3/c20-19(21,22)14-6-7-17-16(8-9-23-18(17)10-14)13-11-24-25(12-13)15-4-2-1-3-5-15/h1-12H. The van der Waals surface area contributed by atoms with Crippen molar-refractivity contribution in [3.8, 4) is 16.8 Å². The van der Waals surface area contributed by atoms with E-state index in [0.717, 1.165) is 28.9 Å². The zero-order chi connectivity index (χ0) is 17.4. The summed E-state index contributed by atoms with van der Waals surface area (Å²) in [7, 11) is 0. The Morgan fingerprint density at radius 3 is 2.48 bits per heavy atom. The van der Waals surface area contributed by atoms with E-state index < -0.39 is 11.7 Å². The first-order valence-electron chi connectivity index (χ1n) is 7.59. The Morgan fingerprint density at radius 2 is 1.72 bits per heavy atom. The van der Waals surface area contributed by atoms with Crippen LogP contribution in [0.15, 0.2) is 73.2 Å². The van der Waals surface area contributed by atoms with Crippen LogP contribution in [-0.4, -0.2) is 14.8 Å². The summed E-state index contributed by atoms with van der Waals surface area (Å²) in [5.74, 6) is 0. The highest BCUT2D eigenvalue weighted by molar-refractivity contribution is 5.94. The Balaban J connectivity index is 1.81. The number of pyridine rings is 1. The molecule has 0 saturated carbocycles. The largest absolute Gasteiger partial charge is 0.416 e. The molecule has 0 aliphatic carbocycles. The number of aromatic nitrogens is 3. The number of alkyl halides is 3. The van der Waals surface area contributed by atoms with Crippen molar-refractivity contribution in [1.82, 2.24) is 14.8 Å². The summed E-state index contributed by atoms with van der Waals surface area (Å²) in [5, 5.41) is 5.00. The SMILES string of the molecule is FC(F)(F)c1ccc2c(-c3cnn(-c4ccccc4)c3)ccnc2c1. The number of fused-ring (bicyclic) bond motifs is 1. The fourth-order valence-corrected chi connectivity index (χ4v) is 2.76. The van der Waals surface area contributed by atoms with Gasteiger partial charge in [0.25, 0.3) is 0 Å². The lowest BCUT2D eigenvalue weighted by Crippen LogP contribution is -2.04. The molecule has 0 spiro atoms. The molecule has 0 bridgehead atoms. The van der Waals surface area contributed by atoms with Gasteiger partial charge >= 0.3 is 6.18 Å². The van der Waals surface area contributed by atoms with Crippen LogP contribution in [0.1, 0.15) is 5.56 Å². The van der Waals surface area contributed by atoms with E-state index in [1.165, 1.54) is 12.3 Å². The maximum atomic E-state index is 12.9. The zero-order valence-electron chi connectivity index (χ0n) is 12.9. The van der Waals surface area contributed by atoms with Crippen LogP contribution in [0.5, 0.6) is 0 Å². The number of hydrogen-bond donors (Lipinski definition) is 0. The number of benzene rings is 2. The molecule has 0 saturated heterocycles. The van der Waals surface area contributed by atoms with Crippen molar-refractivity contribution in [2.45, 2.75) is 6.18 Å². The molecule has 0 radical (unpaired) electrons. The Hall–Kier alpha value is -3.15. The molecule has 0 N–H and O–H groups in total. The van der Waals surface area contributed by atoms with E-state index in [-0.39, 0.29) is 0 Å². The van der Waals surface area contributed by atoms with Crippen molar-refractivity contribution in [1.29, 1.82) is 0 Å². The molecule has 0 aliphatic heterocycles. The van der Waals surface area contributed by atoms with Crippen LogP contribution in [0, 0.1) is 0 Å². The summed E-state index contributed by atoms with van der Waals surface area (Å²) >= 11 is 0. The predicted octanol–water partition coefficient (Wildman–Crippen LogP) is 5.11. The van der Waals surface area contributed by atoms with Crippen LogP contribution in [0.4, 0.5) is 13.2 Å². The third-order valence-electron chi connectivity index (χ3n) is 3.98. The minimum atomic E-state index is -4.38. The third kappa shape index (κ3) is 2.87. The highest BCUT2D eigenvalue weighted by Crippen LogP contribution is 2.34. The minimum absolute atomic E-state index is 0.305. The monoisotopic (exact) mass is 339 g/mol. The van der Waals surface area contributed by atoms with Gasteiger partial charge in [-0.15, -0.1) is 0 Å². The van der Waals surface area contributed by atoms with Gasteiger partial charge in [0.05, 0.1) is 23.0 Å². The van der Waals surface area contributed by atoms with E-state index in [1.807, 2.05) is 36.5 Å². The number of nitrogens with zero attached hydrogens (tertiary/aromatic N) is 3. The lowest BCUT2D eigenvalue weighted by molar-refractivity contribution is -0.137. The van der Waals surface area contributed by atoms with Gasteiger partial charge in [-0.3, -0.25) is 4.98 Å². The normalized spacial score (nSPS) is 11.8. The van der Waals surface area contributed by atoms with Gasteiger partial charge < -0.3 is 0 Å². The molecule has 124 valence electrons. The lowest BCUT2D eigenvalue weighted by Gasteiger charge is -2.09. The van der Waals surface area contributed by atoms with Crippen molar-refractivity contribution < 1.29 is 13.2 Å². The van der Waals surface area contributed by atoms with E-state index in [9.17, 15) is 13.2 Å². The third-order valence-corrected chi connectivity index (χ3v) is 3.98. The summed E-state index contributed by atoms with van der Waals surface area (Å²) in [6.07, 6.45) is 0.670. The van der Waals surface area contributed by atoms with Crippen LogP contribution in [-0.2, 0) is 6.18 Å². The molecule has 0 aliphatic rings. The number of hydrogen-bond acceptors (Lipinski definition) is 2. The molecule has 25 heavy (non-hydrogen) atoms. The second-order valence-electron chi connectivity index (χ2n) is 5.60. The van der Waals surface area contributed by atoms with Gasteiger partial charge in [-0.05, 0) is 35.9 Å². The van der Waals surface area contributed by atoms with Crippen LogP contribution in [0.3, 0.4) is 0 Å². The van der Waals surface area contributed by atoms with E-state index in [1.54, 1.807) is 16.9 Å². The topological polar surface area (TPSA) is 30.7 Å². The number of rotatable bonds is 2. The maximum Gasteiger partial charge on any atom is 0.416 e. The van der Waals surface area contributed by atoms with Gasteiger partial charge in [0.2, 0.25) is 0 Å². The second kappa shape index (κ2) is 5.73. The lowest BCUT2D eigenvalue weighted by atomic mass is 10.0. The van der Waals surface area contributed by atoms with Gasteiger partial charge in [-0.2, -0.15) is 18.3 Å². The summed E-state index contributed by atoms with van der Waals surface area (Å²) in [6.45, 7) is 0. The van der Waals surface area contributed by atoms with Gasteiger partial charge in [0.1, 0.15) is 0 Å². The Morgan fingerprint density at radius 1 is 0.920 bits per heavy atom. The summed E-state index contributed by atoms with van der Waals surface area (Å²) in [6, 6.07) is 15.0. The molecular formula is C19H12F3N3. The molecule has 3 nitrogen and oxygen atoms in total. The predicted molar refractivity (Wildman–Crippen MR) is 89.3 cm³/mol. The van der Waals surface area contributed by atoms with Crippen LogP contribution >= 0.6 is 0 Å². The van der Waals surface area contributed by atoms with Crippen molar-refractivity contribution >= 4 is 10.9 Å². The maximum absolute atomic E-state index is 12.9. The smallest absolute Gasteiger partial charge is 0.256 e. The molecule has 0 unspecified atom stereocenters. The number of halogens is 3. The van der Waals surface area contributed by atoms with Crippen molar-refractivity contribution in [2.24, 2.45) is 0 Å². The van der Waals surface area contributed by atoms with Gasteiger partial charge in [0, 0.05) is 23.3 Å². The molecule has 2 aromatic heterocycles. The second-order valence-corrected chi connectivity index (χ2v) is 5.60. The fourth-order valence-electron chi connectivity index (χ4n) is 2.76. The molecule has 6 heteroatoms. The van der Waals surface area contributed by atoms with Gasteiger partial charge in [-0.25, -0.2) is 4.68 Å². The quantitative estimate of drug-likeness (QED) is 0.508. The zero-order valence-corrected chi connectivity index (χ0v) is 12.9. The molecular weight excluding hydrogens is 327 g/mol. The van der Waals surface area contributed by atoms with E-state index in [0.29, 0.717) is 10.9 Å². The average Bonchev–Trinajstić information content (AvgIpc) is 3.10. The highest BCUT2D eigenvalue weighted by atomic mass is 19.4. The van der Waals surface area contributed by atoms with Gasteiger partial charge in [0.15, 0.2) is 0 Å². The molecule has 0 fully saturated rings.